The van der Waals surface area contributed by atoms with Crippen LogP contribution in [0.2, 0.25) is 0 Å². The lowest BCUT2D eigenvalue weighted by atomic mass is 9.77. The summed E-state index contributed by atoms with van der Waals surface area (Å²) in [6.45, 7) is 2.26. The van der Waals surface area contributed by atoms with Crippen molar-refractivity contribution in [3.8, 4) is 17.2 Å². The molecule has 0 spiro atoms. The van der Waals surface area contributed by atoms with E-state index in [2.05, 4.69) is 25.1 Å². The number of hydrogen-bond acceptors (Lipinski definition) is 3. The van der Waals surface area contributed by atoms with Crippen molar-refractivity contribution >= 4 is 0 Å². The Kier molecular flexibility index (Phi) is 5.86. The van der Waals surface area contributed by atoms with Gasteiger partial charge in [0.15, 0.2) is 0 Å². The minimum atomic E-state index is -0.243. The molecule has 1 saturated carbocycles. The summed E-state index contributed by atoms with van der Waals surface area (Å²) in [5, 5.41) is 18.4. The topological polar surface area (TPSA) is 53.2 Å². The molecule has 130 valence electrons. The molecule has 3 rings (SSSR count). The maximum absolute atomic E-state index is 9.47. The van der Waals surface area contributed by atoms with Gasteiger partial charge in [-0.2, -0.15) is 5.26 Å². The van der Waals surface area contributed by atoms with E-state index >= 15 is 0 Å². The zero-order valence-electron chi connectivity index (χ0n) is 14.7. The summed E-state index contributed by atoms with van der Waals surface area (Å²) in [5.74, 6) is 1.21. The Bertz CT molecular complexity index is 707. The van der Waals surface area contributed by atoms with Gasteiger partial charge in [0, 0.05) is 0 Å². The smallest absolute Gasteiger partial charge is 0.120 e. The molecule has 0 saturated heterocycles. The van der Waals surface area contributed by atoms with Crippen LogP contribution in [0.15, 0.2) is 48.5 Å². The minimum Gasteiger partial charge on any atom is -0.251 e. The first kappa shape index (κ1) is 17.7. The van der Waals surface area contributed by atoms with Gasteiger partial charge in [-0.25, -0.2) is 4.89 Å². The van der Waals surface area contributed by atoms with Crippen molar-refractivity contribution in [1.29, 1.82) is 5.26 Å². The lowest BCUT2D eigenvalue weighted by molar-refractivity contribution is -0.296. The standard InChI is InChI=1S/C22H25NO2/c1-2-16-3-9-20(10-4-16)22(25-24)21-13-11-19(12-14-21)18-7-5-17(15-23)6-8-18/h5-8,11-14,16,20,22,24H,2-4,9-10H2,1H3. The number of nitrogens with zero attached hydrogens (tertiary/aromatic N) is 1. The Morgan fingerprint density at radius 1 is 1.00 bits per heavy atom. The molecule has 0 heterocycles. The maximum Gasteiger partial charge on any atom is 0.120 e. The highest BCUT2D eigenvalue weighted by atomic mass is 17.1. The largest absolute Gasteiger partial charge is 0.251 e. The van der Waals surface area contributed by atoms with E-state index in [4.69, 9.17) is 10.1 Å². The molecule has 2 aromatic rings. The Balaban J connectivity index is 1.72. The lowest BCUT2D eigenvalue weighted by Gasteiger charge is -2.32. The Morgan fingerprint density at radius 2 is 1.56 bits per heavy atom. The summed E-state index contributed by atoms with van der Waals surface area (Å²) in [5.41, 5.74) is 3.87. The number of hydrogen-bond donors (Lipinski definition) is 1. The highest BCUT2D eigenvalue weighted by molar-refractivity contribution is 5.64. The minimum absolute atomic E-state index is 0.243. The second kappa shape index (κ2) is 8.29. The highest BCUT2D eigenvalue weighted by Gasteiger charge is 2.29. The third-order valence-electron chi connectivity index (χ3n) is 5.60. The van der Waals surface area contributed by atoms with Gasteiger partial charge in [0.2, 0.25) is 0 Å². The predicted molar refractivity (Wildman–Crippen MR) is 98.8 cm³/mol. The Morgan fingerprint density at radius 3 is 2.04 bits per heavy atom. The van der Waals surface area contributed by atoms with Crippen LogP contribution >= 0.6 is 0 Å². The summed E-state index contributed by atoms with van der Waals surface area (Å²) < 4.78 is 0. The number of benzene rings is 2. The van der Waals surface area contributed by atoms with Gasteiger partial charge in [0.25, 0.3) is 0 Å². The fourth-order valence-corrected chi connectivity index (χ4v) is 3.92. The molecule has 0 aliphatic heterocycles. The third kappa shape index (κ3) is 4.10. The first-order valence-corrected chi connectivity index (χ1v) is 9.15. The van der Waals surface area contributed by atoms with E-state index in [0.717, 1.165) is 35.4 Å². The molecule has 3 heteroatoms. The normalized spacial score (nSPS) is 21.5. The molecule has 0 aromatic heterocycles. The summed E-state index contributed by atoms with van der Waals surface area (Å²) >= 11 is 0. The van der Waals surface area contributed by atoms with Crippen molar-refractivity contribution in [1.82, 2.24) is 0 Å². The van der Waals surface area contributed by atoms with Crippen LogP contribution in [0.4, 0.5) is 0 Å². The molecule has 0 bridgehead atoms. The molecule has 1 aliphatic rings. The summed E-state index contributed by atoms with van der Waals surface area (Å²) in [4.78, 5) is 4.88. The quantitative estimate of drug-likeness (QED) is 0.541. The Labute approximate surface area is 149 Å². The fraction of sp³-hybridized carbons (Fsp3) is 0.409. The first-order chi connectivity index (χ1) is 12.2. The monoisotopic (exact) mass is 335 g/mol. The highest BCUT2D eigenvalue weighted by Crippen LogP contribution is 2.39. The molecular weight excluding hydrogens is 310 g/mol. The van der Waals surface area contributed by atoms with Crippen LogP contribution in [0.3, 0.4) is 0 Å². The third-order valence-corrected chi connectivity index (χ3v) is 5.60. The van der Waals surface area contributed by atoms with E-state index in [1.54, 1.807) is 0 Å². The molecule has 1 atom stereocenters. The van der Waals surface area contributed by atoms with E-state index < -0.39 is 0 Å². The van der Waals surface area contributed by atoms with Crippen molar-refractivity contribution in [3.05, 3.63) is 59.7 Å². The number of nitriles is 1. The Hall–Kier alpha value is -2.15. The van der Waals surface area contributed by atoms with E-state index in [1.165, 1.54) is 19.3 Å². The first-order valence-electron chi connectivity index (χ1n) is 9.15. The molecule has 2 aromatic carbocycles. The molecule has 1 aliphatic carbocycles. The summed E-state index contributed by atoms with van der Waals surface area (Å²) in [7, 11) is 0. The van der Waals surface area contributed by atoms with Gasteiger partial charge in [0.05, 0.1) is 11.6 Å². The van der Waals surface area contributed by atoms with Gasteiger partial charge in [-0.3, -0.25) is 5.26 Å². The summed E-state index contributed by atoms with van der Waals surface area (Å²) in [6, 6.07) is 17.9. The average molecular weight is 335 g/mol. The van der Waals surface area contributed by atoms with Crippen molar-refractivity contribution in [2.75, 3.05) is 0 Å². The molecule has 25 heavy (non-hydrogen) atoms. The second-order valence-corrected chi connectivity index (χ2v) is 7.03. The van der Waals surface area contributed by atoms with E-state index in [9.17, 15) is 5.26 Å². The van der Waals surface area contributed by atoms with Gasteiger partial charge >= 0.3 is 0 Å². The van der Waals surface area contributed by atoms with Crippen LogP contribution in [0.1, 0.15) is 56.3 Å². The molecule has 1 N–H and O–H groups in total. The SMILES string of the molecule is CCC1CCC(C(OO)c2ccc(-c3ccc(C#N)cc3)cc2)CC1. The molecular formula is C22H25NO2. The van der Waals surface area contributed by atoms with Crippen LogP contribution in [0, 0.1) is 23.2 Å². The second-order valence-electron chi connectivity index (χ2n) is 7.03. The van der Waals surface area contributed by atoms with Crippen LogP contribution in [-0.2, 0) is 4.89 Å². The van der Waals surface area contributed by atoms with Crippen LogP contribution in [-0.4, -0.2) is 5.26 Å². The van der Waals surface area contributed by atoms with Gasteiger partial charge in [-0.1, -0.05) is 62.6 Å². The van der Waals surface area contributed by atoms with Crippen LogP contribution in [0.25, 0.3) is 11.1 Å². The molecule has 1 fully saturated rings. The van der Waals surface area contributed by atoms with Gasteiger partial charge < -0.3 is 0 Å². The van der Waals surface area contributed by atoms with Crippen molar-refractivity contribution in [3.63, 3.8) is 0 Å². The van der Waals surface area contributed by atoms with Crippen LogP contribution < -0.4 is 0 Å². The summed E-state index contributed by atoms with van der Waals surface area (Å²) in [6.07, 6.45) is 5.68. The van der Waals surface area contributed by atoms with Crippen molar-refractivity contribution < 1.29 is 10.1 Å². The van der Waals surface area contributed by atoms with Crippen molar-refractivity contribution in [2.24, 2.45) is 11.8 Å². The molecule has 1 unspecified atom stereocenters. The zero-order chi connectivity index (χ0) is 17.6. The zero-order valence-corrected chi connectivity index (χ0v) is 14.7. The molecule has 3 nitrogen and oxygen atoms in total. The van der Waals surface area contributed by atoms with E-state index in [0.29, 0.717) is 11.5 Å². The molecule has 0 radical (unpaired) electrons. The van der Waals surface area contributed by atoms with Crippen LogP contribution in [0.5, 0.6) is 0 Å². The number of rotatable bonds is 5. The maximum atomic E-state index is 9.47. The van der Waals surface area contributed by atoms with Gasteiger partial charge in [0.1, 0.15) is 6.10 Å². The van der Waals surface area contributed by atoms with Crippen molar-refractivity contribution in [2.45, 2.75) is 45.1 Å². The van der Waals surface area contributed by atoms with E-state index in [-0.39, 0.29) is 6.10 Å². The fourth-order valence-electron chi connectivity index (χ4n) is 3.92. The predicted octanol–water partition coefficient (Wildman–Crippen LogP) is 5.97. The van der Waals surface area contributed by atoms with Gasteiger partial charge in [-0.05, 0) is 53.5 Å². The average Bonchev–Trinajstić information content (AvgIpc) is 2.70. The lowest BCUT2D eigenvalue weighted by Crippen LogP contribution is -2.21. The molecule has 0 amide bonds. The van der Waals surface area contributed by atoms with Gasteiger partial charge in [-0.15, -0.1) is 0 Å². The van der Waals surface area contributed by atoms with E-state index in [1.807, 2.05) is 36.4 Å².